The maximum absolute atomic E-state index is 12.3. The summed E-state index contributed by atoms with van der Waals surface area (Å²) in [5.74, 6) is -0.519. The molecule has 1 atom stereocenters. The summed E-state index contributed by atoms with van der Waals surface area (Å²) < 4.78 is 10.1. The third-order valence-electron chi connectivity index (χ3n) is 3.73. The first-order chi connectivity index (χ1) is 11.5. The molecule has 2 N–H and O–H groups in total. The fraction of sp³-hybridized carbons (Fsp3) is 0.333. The number of aromatic amines is 1. The van der Waals surface area contributed by atoms with Gasteiger partial charge in [-0.3, -0.25) is 9.59 Å². The molecule has 128 valence electrons. The summed E-state index contributed by atoms with van der Waals surface area (Å²) in [4.78, 5) is 27.0. The van der Waals surface area contributed by atoms with Crippen molar-refractivity contribution in [2.75, 3.05) is 13.7 Å². The monoisotopic (exact) mass is 331 g/mol. The third kappa shape index (κ3) is 3.95. The number of pyridine rings is 1. The number of aromatic nitrogens is 1. The van der Waals surface area contributed by atoms with Crippen LogP contribution in [0.1, 0.15) is 36.1 Å². The van der Waals surface area contributed by atoms with Gasteiger partial charge in [0, 0.05) is 11.6 Å². The highest BCUT2D eigenvalue weighted by atomic mass is 16.5. The Kier molecular flexibility index (Phi) is 5.63. The number of esters is 1. The van der Waals surface area contributed by atoms with E-state index < -0.39 is 17.4 Å². The SMILES string of the molecule is CCOC(=O)CC(c1ccc(OC)cc1)c1c(O)cc(C)[nH]c1=O. The molecule has 0 radical (unpaired) electrons. The lowest BCUT2D eigenvalue weighted by Crippen LogP contribution is -2.21. The van der Waals surface area contributed by atoms with E-state index >= 15 is 0 Å². The minimum absolute atomic E-state index is 0.0418. The van der Waals surface area contributed by atoms with Crippen LogP contribution in [0.25, 0.3) is 0 Å². The van der Waals surface area contributed by atoms with E-state index in [1.807, 2.05) is 0 Å². The highest BCUT2D eigenvalue weighted by Crippen LogP contribution is 2.32. The van der Waals surface area contributed by atoms with E-state index in [0.717, 1.165) is 0 Å². The van der Waals surface area contributed by atoms with Crippen molar-refractivity contribution in [1.29, 1.82) is 0 Å². The molecular weight excluding hydrogens is 310 g/mol. The van der Waals surface area contributed by atoms with E-state index in [-0.39, 0.29) is 24.3 Å². The second-order valence-corrected chi connectivity index (χ2v) is 5.42. The highest BCUT2D eigenvalue weighted by Gasteiger charge is 2.25. The Labute approximate surface area is 140 Å². The molecule has 0 amide bonds. The average Bonchev–Trinajstić information content (AvgIpc) is 2.53. The second kappa shape index (κ2) is 7.68. The summed E-state index contributed by atoms with van der Waals surface area (Å²) >= 11 is 0. The van der Waals surface area contributed by atoms with Gasteiger partial charge in [-0.2, -0.15) is 0 Å². The molecule has 0 aliphatic carbocycles. The Morgan fingerprint density at radius 1 is 1.29 bits per heavy atom. The number of carbonyl (C=O) groups is 1. The van der Waals surface area contributed by atoms with Gasteiger partial charge >= 0.3 is 5.97 Å². The van der Waals surface area contributed by atoms with E-state index in [9.17, 15) is 14.7 Å². The number of methoxy groups -OCH3 is 1. The molecule has 6 nitrogen and oxygen atoms in total. The maximum atomic E-state index is 12.3. The zero-order valence-corrected chi connectivity index (χ0v) is 14.0. The molecule has 24 heavy (non-hydrogen) atoms. The molecule has 2 aromatic rings. The molecule has 0 bridgehead atoms. The van der Waals surface area contributed by atoms with Crippen molar-refractivity contribution < 1.29 is 19.4 Å². The predicted octanol–water partition coefficient (Wildman–Crippen LogP) is 2.48. The van der Waals surface area contributed by atoms with Crippen molar-refractivity contribution in [3.05, 3.63) is 57.5 Å². The molecule has 0 saturated heterocycles. The normalized spacial score (nSPS) is 11.8. The van der Waals surface area contributed by atoms with Crippen molar-refractivity contribution in [2.45, 2.75) is 26.2 Å². The number of hydrogen-bond acceptors (Lipinski definition) is 5. The van der Waals surface area contributed by atoms with E-state index in [1.165, 1.54) is 6.07 Å². The number of nitrogens with one attached hydrogen (secondary N) is 1. The molecule has 1 aromatic heterocycles. The van der Waals surface area contributed by atoms with E-state index in [1.54, 1.807) is 45.2 Å². The van der Waals surface area contributed by atoms with Gasteiger partial charge in [-0.25, -0.2) is 0 Å². The van der Waals surface area contributed by atoms with Gasteiger partial charge in [0.15, 0.2) is 0 Å². The van der Waals surface area contributed by atoms with E-state index in [0.29, 0.717) is 17.0 Å². The van der Waals surface area contributed by atoms with Crippen molar-refractivity contribution in [1.82, 2.24) is 4.98 Å². The average molecular weight is 331 g/mol. The van der Waals surface area contributed by atoms with Crippen molar-refractivity contribution >= 4 is 5.97 Å². The quantitative estimate of drug-likeness (QED) is 0.794. The number of hydrogen-bond donors (Lipinski definition) is 2. The minimum Gasteiger partial charge on any atom is -0.507 e. The lowest BCUT2D eigenvalue weighted by atomic mass is 9.88. The Balaban J connectivity index is 2.50. The van der Waals surface area contributed by atoms with Gasteiger partial charge in [0.2, 0.25) is 0 Å². The molecule has 0 saturated carbocycles. The van der Waals surface area contributed by atoms with Crippen LogP contribution in [0.15, 0.2) is 35.1 Å². The molecule has 1 unspecified atom stereocenters. The van der Waals surface area contributed by atoms with Crippen LogP contribution in [-0.2, 0) is 9.53 Å². The molecule has 1 aromatic carbocycles. The zero-order chi connectivity index (χ0) is 17.7. The Bertz CT molecular complexity index is 764. The fourth-order valence-electron chi connectivity index (χ4n) is 2.63. The Morgan fingerprint density at radius 3 is 2.50 bits per heavy atom. The molecule has 0 spiro atoms. The van der Waals surface area contributed by atoms with E-state index in [2.05, 4.69) is 4.98 Å². The van der Waals surface area contributed by atoms with Crippen LogP contribution in [-0.4, -0.2) is 29.8 Å². The number of carbonyl (C=O) groups excluding carboxylic acids is 1. The summed E-state index contributed by atoms with van der Waals surface area (Å²) in [6.45, 7) is 3.65. The zero-order valence-electron chi connectivity index (χ0n) is 14.0. The summed E-state index contributed by atoms with van der Waals surface area (Å²) in [6.07, 6.45) is -0.0418. The largest absolute Gasteiger partial charge is 0.507 e. The lowest BCUT2D eigenvalue weighted by Gasteiger charge is -2.18. The first-order valence-electron chi connectivity index (χ1n) is 7.68. The molecule has 1 heterocycles. The number of H-pyrrole nitrogens is 1. The van der Waals surface area contributed by atoms with Gasteiger partial charge in [-0.1, -0.05) is 12.1 Å². The van der Waals surface area contributed by atoms with Crippen LogP contribution in [0.4, 0.5) is 0 Å². The number of aromatic hydroxyl groups is 1. The van der Waals surface area contributed by atoms with E-state index in [4.69, 9.17) is 9.47 Å². The predicted molar refractivity (Wildman–Crippen MR) is 89.6 cm³/mol. The van der Waals surface area contributed by atoms with Crippen molar-refractivity contribution in [2.24, 2.45) is 0 Å². The molecule has 0 aliphatic heterocycles. The van der Waals surface area contributed by atoms with Crippen LogP contribution in [0.5, 0.6) is 11.5 Å². The van der Waals surface area contributed by atoms with Gasteiger partial charge in [-0.15, -0.1) is 0 Å². The minimum atomic E-state index is -0.612. The van der Waals surface area contributed by atoms with Gasteiger partial charge in [0.05, 0.1) is 25.7 Å². The van der Waals surface area contributed by atoms with Crippen LogP contribution in [0, 0.1) is 6.92 Å². The van der Waals surface area contributed by atoms with Crippen LogP contribution < -0.4 is 10.3 Å². The second-order valence-electron chi connectivity index (χ2n) is 5.42. The molecule has 0 aliphatic rings. The first-order valence-corrected chi connectivity index (χ1v) is 7.68. The molecular formula is C18H21NO5. The standard InChI is InChI=1S/C18H21NO5/c1-4-24-16(21)10-14(12-5-7-13(23-3)8-6-12)17-15(20)9-11(2)19-18(17)22/h5-9,14H,4,10H2,1-3H3,(H2,19,20,22). The molecule has 2 rings (SSSR count). The van der Waals surface area contributed by atoms with Gasteiger partial charge in [0.25, 0.3) is 5.56 Å². The van der Waals surface area contributed by atoms with Crippen LogP contribution >= 0.6 is 0 Å². The van der Waals surface area contributed by atoms with Crippen LogP contribution in [0.2, 0.25) is 0 Å². The van der Waals surface area contributed by atoms with Crippen molar-refractivity contribution in [3.8, 4) is 11.5 Å². The van der Waals surface area contributed by atoms with Gasteiger partial charge < -0.3 is 19.6 Å². The molecule has 0 fully saturated rings. The number of benzene rings is 1. The van der Waals surface area contributed by atoms with Crippen molar-refractivity contribution in [3.63, 3.8) is 0 Å². The summed E-state index contributed by atoms with van der Waals surface area (Å²) in [5, 5.41) is 10.3. The summed E-state index contributed by atoms with van der Waals surface area (Å²) in [6, 6.07) is 8.49. The highest BCUT2D eigenvalue weighted by molar-refractivity contribution is 5.71. The fourth-order valence-corrected chi connectivity index (χ4v) is 2.63. The lowest BCUT2D eigenvalue weighted by molar-refractivity contribution is -0.143. The maximum Gasteiger partial charge on any atom is 0.306 e. The molecule has 6 heteroatoms. The van der Waals surface area contributed by atoms with Gasteiger partial charge in [-0.05, 0) is 37.6 Å². The topological polar surface area (TPSA) is 88.6 Å². The Morgan fingerprint density at radius 2 is 1.96 bits per heavy atom. The first kappa shape index (κ1) is 17.6. The Hall–Kier alpha value is -2.76. The van der Waals surface area contributed by atoms with Crippen LogP contribution in [0.3, 0.4) is 0 Å². The number of ether oxygens (including phenoxy) is 2. The number of aryl methyl sites for hydroxylation is 1. The van der Waals surface area contributed by atoms with Gasteiger partial charge in [0.1, 0.15) is 11.5 Å². The summed E-state index contributed by atoms with van der Waals surface area (Å²) in [5.41, 5.74) is 0.996. The smallest absolute Gasteiger partial charge is 0.306 e. The third-order valence-corrected chi connectivity index (χ3v) is 3.73. The summed E-state index contributed by atoms with van der Waals surface area (Å²) in [7, 11) is 1.56. The number of rotatable bonds is 6.